The third kappa shape index (κ3) is 7.97. The highest BCUT2D eigenvalue weighted by atomic mass is 16.7. The number of aliphatic hydroxyl groups excluding tert-OH is 1. The molecule has 1 unspecified atom stereocenters. The zero-order valence-corrected chi connectivity index (χ0v) is 32.1. The summed E-state index contributed by atoms with van der Waals surface area (Å²) in [6.07, 6.45) is 5.97. The number of carbonyl (C=O) groups is 1. The average molecular weight is 705 g/mol. The number of hydrogen-bond donors (Lipinski definition) is 5. The first kappa shape index (κ1) is 38.0. The molecule has 2 saturated heterocycles. The zero-order chi connectivity index (χ0) is 36.4. The first-order valence-electron chi connectivity index (χ1n) is 19.5. The smallest absolute Gasteiger partial charge is 0.240 e. The van der Waals surface area contributed by atoms with Crippen molar-refractivity contribution >= 4 is 11.6 Å². The number of para-hydroxylation sites is 1. The summed E-state index contributed by atoms with van der Waals surface area (Å²) < 4.78 is 6.15. The van der Waals surface area contributed by atoms with E-state index < -0.39 is 24.2 Å². The third-order valence-corrected chi connectivity index (χ3v) is 13.0. The van der Waals surface area contributed by atoms with Gasteiger partial charge in [-0.1, -0.05) is 45.4 Å². The second-order valence-corrected chi connectivity index (χ2v) is 16.7. The third-order valence-electron chi connectivity index (χ3n) is 13.0. The molecule has 0 radical (unpaired) electrons. The Morgan fingerprint density at radius 1 is 1.22 bits per heavy atom. The van der Waals surface area contributed by atoms with Gasteiger partial charge in [-0.25, -0.2) is 0 Å². The monoisotopic (exact) mass is 704 g/mol. The van der Waals surface area contributed by atoms with Crippen molar-refractivity contribution in [2.24, 2.45) is 34.8 Å². The van der Waals surface area contributed by atoms with Crippen LogP contribution in [-0.2, 0) is 22.7 Å². The molecule has 5 fully saturated rings. The highest BCUT2D eigenvalue weighted by molar-refractivity contribution is 5.83. The summed E-state index contributed by atoms with van der Waals surface area (Å²) in [6, 6.07) is 12.9. The van der Waals surface area contributed by atoms with Gasteiger partial charge >= 0.3 is 0 Å². The lowest BCUT2D eigenvalue weighted by atomic mass is 9.45. The van der Waals surface area contributed by atoms with Crippen molar-refractivity contribution in [1.29, 1.82) is 0 Å². The zero-order valence-electron chi connectivity index (χ0n) is 32.1. The number of aliphatic hydroxyl groups is 1. The molecule has 2 bridgehead atoms. The highest BCUT2D eigenvalue weighted by Gasteiger charge is 2.57. The first-order valence-corrected chi connectivity index (χ1v) is 19.5. The highest BCUT2D eigenvalue weighted by Crippen LogP contribution is 2.61. The molecule has 5 aliphatic rings. The largest absolute Gasteiger partial charge is 0.496 e. The Morgan fingerprint density at radius 3 is 2.67 bits per heavy atom. The van der Waals surface area contributed by atoms with Gasteiger partial charge in [0.25, 0.3) is 0 Å². The van der Waals surface area contributed by atoms with E-state index in [2.05, 4.69) is 80.0 Å². The van der Waals surface area contributed by atoms with Crippen LogP contribution in [0.5, 0.6) is 5.75 Å². The minimum absolute atomic E-state index is 0.0991. The molecule has 10 heteroatoms. The molecule has 3 aliphatic carbocycles. The number of hydroxylamine groups is 2. The van der Waals surface area contributed by atoms with E-state index in [0.717, 1.165) is 60.6 Å². The molecule has 282 valence electrons. The van der Waals surface area contributed by atoms with Gasteiger partial charge in [-0.15, -0.1) is 0 Å². The number of anilines is 1. The lowest BCUT2D eigenvalue weighted by Gasteiger charge is -2.62. The number of nitrogens with zero attached hydrogens (tertiary/aromatic N) is 2. The summed E-state index contributed by atoms with van der Waals surface area (Å²) in [6.45, 7) is 12.2. The summed E-state index contributed by atoms with van der Waals surface area (Å²) in [5.41, 5.74) is 11.8. The molecule has 2 aromatic carbocycles. The second kappa shape index (κ2) is 16.1. The summed E-state index contributed by atoms with van der Waals surface area (Å²) >= 11 is 0. The van der Waals surface area contributed by atoms with Gasteiger partial charge in [0.05, 0.1) is 25.9 Å². The number of benzene rings is 2. The molecule has 0 aromatic heterocycles. The number of fused-ring (bicyclic) bond motifs is 2. The van der Waals surface area contributed by atoms with Crippen molar-refractivity contribution in [3.05, 3.63) is 47.5 Å². The maximum atomic E-state index is 14.3. The van der Waals surface area contributed by atoms with Crippen LogP contribution < -0.4 is 31.3 Å². The predicted molar refractivity (Wildman–Crippen MR) is 204 cm³/mol. The molecule has 0 spiro atoms. The minimum atomic E-state index is -0.775. The number of methoxy groups -OCH3 is 1. The number of amides is 1. The van der Waals surface area contributed by atoms with Gasteiger partial charge < -0.3 is 36.4 Å². The number of rotatable bonds is 14. The van der Waals surface area contributed by atoms with Gasteiger partial charge in [-0.05, 0) is 105 Å². The van der Waals surface area contributed by atoms with E-state index in [0.29, 0.717) is 35.8 Å². The number of nitrogens with one attached hydrogen (secondary N) is 3. The van der Waals surface area contributed by atoms with E-state index in [4.69, 9.17) is 15.3 Å². The standard InChI is InChI=1S/C41H64N6O4/c1-25-34-20-30(41(34,3)4)21-35(25)45-40(49)38-37(26(2)48)36(22-42)51-47(38)24-28-11-10-13-33(39(28)50-7)29-17-27(18-32(19-29)46(5)6)23-43-16-14-31-12-8-9-15-44-31/h10-11,13,17-19,25-26,30-31,34-38,43-44,48H,8-9,12,14-16,20-24,42H2,1-7H3,(H,45,49)/t25-,26-,30+,31?,34-,35-,36-,37+,38-/m0/s1. The van der Waals surface area contributed by atoms with Crippen molar-refractivity contribution in [1.82, 2.24) is 21.0 Å². The number of piperidine rings is 1. The van der Waals surface area contributed by atoms with E-state index in [1.807, 2.05) is 12.1 Å². The fourth-order valence-electron chi connectivity index (χ4n) is 9.74. The first-order chi connectivity index (χ1) is 24.4. The van der Waals surface area contributed by atoms with Gasteiger partial charge in [-0.2, -0.15) is 5.06 Å². The quantitative estimate of drug-likeness (QED) is 0.179. The molecule has 1 amide bonds. The lowest BCUT2D eigenvalue weighted by Crippen LogP contribution is -2.62. The van der Waals surface area contributed by atoms with Crippen LogP contribution >= 0.6 is 0 Å². The van der Waals surface area contributed by atoms with Crippen molar-refractivity contribution in [3.8, 4) is 16.9 Å². The Labute approximate surface area is 306 Å². The fraction of sp³-hybridized carbons (Fsp3) is 0.683. The van der Waals surface area contributed by atoms with E-state index in [9.17, 15) is 9.90 Å². The molecule has 6 N–H and O–H groups in total. The molecule has 51 heavy (non-hydrogen) atoms. The van der Waals surface area contributed by atoms with Gasteiger partial charge in [0.2, 0.25) is 5.91 Å². The molecule has 2 aromatic rings. The van der Waals surface area contributed by atoms with E-state index in [1.165, 1.54) is 31.2 Å². The van der Waals surface area contributed by atoms with E-state index in [1.54, 1.807) is 19.1 Å². The number of ether oxygens (including phenoxy) is 1. The van der Waals surface area contributed by atoms with Crippen LogP contribution in [0.4, 0.5) is 5.69 Å². The molecule has 2 aliphatic heterocycles. The van der Waals surface area contributed by atoms with E-state index >= 15 is 0 Å². The van der Waals surface area contributed by atoms with Gasteiger partial charge in [-0.3, -0.25) is 9.63 Å². The Bertz CT molecular complexity index is 1490. The summed E-state index contributed by atoms with van der Waals surface area (Å²) in [5.74, 6) is 1.80. The summed E-state index contributed by atoms with van der Waals surface area (Å²) in [5, 5.41) is 23.5. The number of nitrogens with two attached hydrogens (primary N) is 1. The molecule has 7 rings (SSSR count). The van der Waals surface area contributed by atoms with Crippen LogP contribution in [0.2, 0.25) is 0 Å². The molecule has 3 saturated carbocycles. The summed E-state index contributed by atoms with van der Waals surface area (Å²) in [4.78, 5) is 22.8. The number of hydrogen-bond acceptors (Lipinski definition) is 9. The van der Waals surface area contributed by atoms with E-state index in [-0.39, 0.29) is 18.5 Å². The van der Waals surface area contributed by atoms with Gasteiger partial charge in [0.15, 0.2) is 0 Å². The predicted octanol–water partition coefficient (Wildman–Crippen LogP) is 4.68. The molecule has 10 nitrogen and oxygen atoms in total. The van der Waals surface area contributed by atoms with Crippen molar-refractivity contribution in [3.63, 3.8) is 0 Å². The SMILES string of the molecule is COc1c(CN2O[C@@H](CN)[C@@H]([C@H](C)O)[C@H]2C(=O)N[C@H]2C[C@H]3C[C@@H]([C@@H]2C)C3(C)C)cccc1-c1cc(CNCCC2CCCCN2)cc(N(C)C)c1. The molecular formula is C41H64N6O4. The van der Waals surface area contributed by atoms with Crippen LogP contribution in [-0.4, -0.2) is 87.2 Å². The van der Waals surface area contributed by atoms with Crippen LogP contribution in [0.3, 0.4) is 0 Å². The maximum Gasteiger partial charge on any atom is 0.240 e. The minimum Gasteiger partial charge on any atom is -0.496 e. The Hall–Kier alpha value is -2.73. The second-order valence-electron chi connectivity index (χ2n) is 16.7. The van der Waals surface area contributed by atoms with Crippen molar-refractivity contribution in [2.45, 2.75) is 110 Å². The van der Waals surface area contributed by atoms with Crippen molar-refractivity contribution in [2.75, 3.05) is 45.7 Å². The Morgan fingerprint density at radius 2 is 2.02 bits per heavy atom. The molecular weight excluding hydrogens is 640 g/mol. The summed E-state index contributed by atoms with van der Waals surface area (Å²) in [7, 11) is 5.84. The topological polar surface area (TPSA) is 124 Å². The van der Waals surface area contributed by atoms with Crippen LogP contribution in [0.15, 0.2) is 36.4 Å². The van der Waals surface area contributed by atoms with Gasteiger partial charge in [0.1, 0.15) is 11.8 Å². The Kier molecular flexibility index (Phi) is 12.0. The van der Waals surface area contributed by atoms with Crippen molar-refractivity contribution < 1.29 is 19.5 Å². The molecule has 9 atom stereocenters. The normalized spacial score (nSPS) is 30.8. The average Bonchev–Trinajstić information content (AvgIpc) is 3.49. The fourth-order valence-corrected chi connectivity index (χ4v) is 9.74. The van der Waals surface area contributed by atoms with Gasteiger partial charge in [0, 0.05) is 62.0 Å². The Balaban J connectivity index is 1.22. The van der Waals surface area contributed by atoms with Crippen LogP contribution in [0.25, 0.3) is 11.1 Å². The van der Waals surface area contributed by atoms with Crippen LogP contribution in [0.1, 0.15) is 77.3 Å². The maximum absolute atomic E-state index is 14.3. The number of carbonyl (C=O) groups excluding carboxylic acids is 1. The molecule has 2 heterocycles. The lowest BCUT2D eigenvalue weighted by molar-refractivity contribution is -0.175. The van der Waals surface area contributed by atoms with Crippen LogP contribution in [0, 0.1) is 29.1 Å².